The van der Waals surface area contributed by atoms with Crippen molar-refractivity contribution in [2.75, 3.05) is 38.7 Å². The molecule has 1 saturated heterocycles. The second-order valence-electron chi connectivity index (χ2n) is 10.9. The third-order valence-corrected chi connectivity index (χ3v) is 8.14. The van der Waals surface area contributed by atoms with Gasteiger partial charge < -0.3 is 25.4 Å². The molecule has 2 fully saturated rings. The van der Waals surface area contributed by atoms with Crippen molar-refractivity contribution in [2.45, 2.75) is 51.4 Å². The fourth-order valence-electron chi connectivity index (χ4n) is 5.54. The third kappa shape index (κ3) is 7.23. The van der Waals surface area contributed by atoms with Crippen molar-refractivity contribution in [3.63, 3.8) is 0 Å². The van der Waals surface area contributed by atoms with Crippen LogP contribution in [0.2, 0.25) is 0 Å². The van der Waals surface area contributed by atoms with E-state index in [1.54, 1.807) is 20.3 Å². The molecule has 40 heavy (non-hydrogen) atoms. The summed E-state index contributed by atoms with van der Waals surface area (Å²) in [5.74, 6) is 0.874. The van der Waals surface area contributed by atoms with Gasteiger partial charge in [0.05, 0.1) is 24.3 Å². The number of benzene rings is 2. The van der Waals surface area contributed by atoms with Gasteiger partial charge in [0.25, 0.3) is 5.91 Å². The highest BCUT2D eigenvalue weighted by atomic mass is 16.5. The second-order valence-corrected chi connectivity index (χ2v) is 10.9. The van der Waals surface area contributed by atoms with Gasteiger partial charge in [0.2, 0.25) is 0 Å². The lowest BCUT2D eigenvalue weighted by Crippen LogP contribution is -2.37. The standard InChI is InChI=1S/C32H42N4O4/c1-4-22-8-11-28(32(39)35(3)26(19-33)20-34-2)30(16-22)36-14-12-23(13-15-36)21-40-27-7-5-6-25(17-27)29(18-31(37)38)24-9-10-24/h5-8,11,16-17,19-20,23-24,29H,4,9-10,12-15,18,21,33H2,1-3H3,(H,37,38). The predicted octanol–water partition coefficient (Wildman–Crippen LogP) is 5.09. The Labute approximate surface area is 237 Å². The minimum atomic E-state index is -0.748. The zero-order chi connectivity index (χ0) is 28.6. The van der Waals surface area contributed by atoms with Gasteiger partial charge in [-0.1, -0.05) is 25.1 Å². The van der Waals surface area contributed by atoms with Gasteiger partial charge >= 0.3 is 5.97 Å². The minimum absolute atomic E-state index is 0.0600. The lowest BCUT2D eigenvalue weighted by atomic mass is 9.91. The Kier molecular flexibility index (Phi) is 9.85. The molecule has 8 nitrogen and oxygen atoms in total. The summed E-state index contributed by atoms with van der Waals surface area (Å²) in [7, 11) is 3.37. The fourth-order valence-corrected chi connectivity index (χ4v) is 5.54. The smallest absolute Gasteiger partial charge is 0.303 e. The van der Waals surface area contributed by atoms with Crippen LogP contribution < -0.4 is 15.4 Å². The van der Waals surface area contributed by atoms with Crippen LogP contribution in [0.4, 0.5) is 5.69 Å². The molecule has 0 bridgehead atoms. The highest BCUT2D eigenvalue weighted by Gasteiger charge is 2.34. The van der Waals surface area contributed by atoms with Crippen molar-refractivity contribution in [3.8, 4) is 5.75 Å². The number of rotatable bonds is 12. The van der Waals surface area contributed by atoms with Crippen molar-refractivity contribution < 1.29 is 19.4 Å². The molecule has 0 spiro atoms. The lowest BCUT2D eigenvalue weighted by Gasteiger charge is -2.35. The number of anilines is 1. The van der Waals surface area contributed by atoms with Gasteiger partial charge in [-0.05, 0) is 85.3 Å². The summed E-state index contributed by atoms with van der Waals surface area (Å²) >= 11 is 0. The minimum Gasteiger partial charge on any atom is -0.493 e. The van der Waals surface area contributed by atoms with Gasteiger partial charge in [0.1, 0.15) is 5.75 Å². The Morgan fingerprint density at radius 2 is 1.93 bits per heavy atom. The number of aliphatic imine (C=N–C) groups is 1. The molecule has 4 rings (SSSR count). The molecule has 3 N–H and O–H groups in total. The average Bonchev–Trinajstić information content (AvgIpc) is 3.82. The number of nitrogens with zero attached hydrogens (tertiary/aromatic N) is 3. The van der Waals surface area contributed by atoms with Crippen LogP contribution in [0.5, 0.6) is 5.75 Å². The van der Waals surface area contributed by atoms with Gasteiger partial charge in [0.15, 0.2) is 0 Å². The highest BCUT2D eigenvalue weighted by Crippen LogP contribution is 2.45. The van der Waals surface area contributed by atoms with E-state index >= 15 is 0 Å². The Morgan fingerprint density at radius 3 is 2.55 bits per heavy atom. The zero-order valence-electron chi connectivity index (χ0n) is 23.9. The molecular formula is C32H42N4O4. The van der Waals surface area contributed by atoms with E-state index < -0.39 is 5.97 Å². The quantitative estimate of drug-likeness (QED) is 0.359. The van der Waals surface area contributed by atoms with Gasteiger partial charge in [-0.15, -0.1) is 0 Å². The Hall–Kier alpha value is -3.81. The third-order valence-electron chi connectivity index (χ3n) is 8.14. The first-order valence-corrected chi connectivity index (χ1v) is 14.3. The molecule has 1 unspecified atom stereocenters. The van der Waals surface area contributed by atoms with Crippen molar-refractivity contribution in [1.82, 2.24) is 4.90 Å². The number of carbonyl (C=O) groups is 2. The summed E-state index contributed by atoms with van der Waals surface area (Å²) in [6, 6.07) is 14.1. The monoisotopic (exact) mass is 546 g/mol. The lowest BCUT2D eigenvalue weighted by molar-refractivity contribution is -0.137. The summed E-state index contributed by atoms with van der Waals surface area (Å²) in [6.45, 7) is 4.41. The summed E-state index contributed by atoms with van der Waals surface area (Å²) < 4.78 is 6.22. The molecule has 0 aromatic heterocycles. The fraction of sp³-hybridized carbons (Fsp3) is 0.469. The maximum Gasteiger partial charge on any atom is 0.303 e. The van der Waals surface area contributed by atoms with Crippen LogP contribution in [0.15, 0.2) is 59.4 Å². The van der Waals surface area contributed by atoms with E-state index in [2.05, 4.69) is 22.9 Å². The first-order valence-electron chi connectivity index (χ1n) is 14.3. The van der Waals surface area contributed by atoms with E-state index in [4.69, 9.17) is 10.5 Å². The number of carbonyl (C=O) groups excluding carboxylic acids is 1. The first-order chi connectivity index (χ1) is 19.3. The molecule has 1 atom stereocenters. The summed E-state index contributed by atoms with van der Waals surface area (Å²) in [4.78, 5) is 32.7. The molecule has 1 saturated carbocycles. The number of allylic oxidation sites excluding steroid dienone is 1. The number of hydrogen-bond donors (Lipinski definition) is 2. The predicted molar refractivity (Wildman–Crippen MR) is 159 cm³/mol. The number of hydrogen-bond acceptors (Lipinski definition) is 6. The molecule has 214 valence electrons. The molecule has 2 aromatic carbocycles. The molecule has 1 amide bonds. The summed E-state index contributed by atoms with van der Waals surface area (Å²) in [5, 5.41) is 9.36. The van der Waals surface area contributed by atoms with Crippen molar-refractivity contribution in [3.05, 3.63) is 71.1 Å². The number of aliphatic carboxylic acids is 1. The topological polar surface area (TPSA) is 108 Å². The second kappa shape index (κ2) is 13.5. The molecule has 2 aromatic rings. The number of carboxylic acid groups (broad SMARTS) is 1. The van der Waals surface area contributed by atoms with Crippen LogP contribution in [0.3, 0.4) is 0 Å². The van der Waals surface area contributed by atoms with E-state index in [-0.39, 0.29) is 18.2 Å². The van der Waals surface area contributed by atoms with Crippen LogP contribution in [-0.2, 0) is 11.2 Å². The van der Waals surface area contributed by atoms with Crippen LogP contribution in [-0.4, -0.2) is 61.9 Å². The van der Waals surface area contributed by atoms with E-state index in [0.29, 0.717) is 29.7 Å². The number of ether oxygens (including phenoxy) is 1. The Balaban J connectivity index is 1.40. The number of carboxylic acids is 1. The van der Waals surface area contributed by atoms with Crippen molar-refractivity contribution in [2.24, 2.45) is 22.6 Å². The average molecular weight is 547 g/mol. The summed E-state index contributed by atoms with van der Waals surface area (Å²) in [6.07, 6.45) is 8.16. The number of nitrogens with two attached hydrogens (primary N) is 1. The van der Waals surface area contributed by atoms with E-state index in [0.717, 1.165) is 62.2 Å². The number of amides is 1. The normalized spacial score (nSPS) is 17.2. The number of piperidine rings is 1. The maximum atomic E-state index is 13.5. The SMILES string of the molecule is CCc1ccc(C(=O)N(C)C(C=NC)=CN)c(N2CCC(COc3cccc(C(CC(=O)O)C4CC4)c3)CC2)c1. The van der Waals surface area contributed by atoms with Crippen LogP contribution in [0.25, 0.3) is 0 Å². The molecule has 8 heteroatoms. The van der Waals surface area contributed by atoms with Gasteiger partial charge in [0, 0.05) is 45.3 Å². The Morgan fingerprint density at radius 1 is 1.18 bits per heavy atom. The van der Waals surface area contributed by atoms with Crippen molar-refractivity contribution in [1.29, 1.82) is 0 Å². The van der Waals surface area contributed by atoms with Gasteiger partial charge in [-0.3, -0.25) is 14.6 Å². The van der Waals surface area contributed by atoms with Gasteiger partial charge in [-0.25, -0.2) is 0 Å². The first kappa shape index (κ1) is 29.2. The molecule has 1 aliphatic carbocycles. The highest BCUT2D eigenvalue weighted by molar-refractivity contribution is 6.03. The molecule has 2 aliphatic rings. The van der Waals surface area contributed by atoms with Crippen LogP contribution in [0.1, 0.15) is 66.4 Å². The van der Waals surface area contributed by atoms with E-state index in [1.807, 2.05) is 36.4 Å². The van der Waals surface area contributed by atoms with E-state index in [1.165, 1.54) is 16.7 Å². The summed E-state index contributed by atoms with van der Waals surface area (Å²) in [5.41, 5.74) is 10.2. The number of aryl methyl sites for hydroxylation is 1. The van der Waals surface area contributed by atoms with E-state index in [9.17, 15) is 14.7 Å². The molecule has 1 aliphatic heterocycles. The maximum absolute atomic E-state index is 13.5. The Bertz CT molecular complexity index is 1250. The van der Waals surface area contributed by atoms with Crippen LogP contribution in [0, 0.1) is 11.8 Å². The largest absolute Gasteiger partial charge is 0.493 e. The zero-order valence-corrected chi connectivity index (χ0v) is 23.9. The van der Waals surface area contributed by atoms with Crippen LogP contribution >= 0.6 is 0 Å². The van der Waals surface area contributed by atoms with Gasteiger partial charge in [-0.2, -0.15) is 0 Å². The molecule has 0 radical (unpaired) electrons. The molecule has 1 heterocycles. The van der Waals surface area contributed by atoms with Crippen molar-refractivity contribution >= 4 is 23.8 Å². The molecular weight excluding hydrogens is 504 g/mol.